The van der Waals surface area contributed by atoms with Gasteiger partial charge < -0.3 is 14.9 Å². The molecule has 0 spiro atoms. The molecule has 6 nitrogen and oxygen atoms in total. The molecule has 0 saturated carbocycles. The minimum Gasteiger partial charge on any atom is -0.350 e. The summed E-state index contributed by atoms with van der Waals surface area (Å²) in [5.41, 5.74) is 1.50. The highest BCUT2D eigenvalue weighted by molar-refractivity contribution is 5.97. The number of rotatable bonds is 6. The van der Waals surface area contributed by atoms with Crippen LogP contribution < -0.4 is 16.4 Å². The summed E-state index contributed by atoms with van der Waals surface area (Å²) in [7, 11) is 0. The van der Waals surface area contributed by atoms with Gasteiger partial charge in [-0.25, -0.2) is 0 Å². The predicted octanol–water partition coefficient (Wildman–Crippen LogP) is 2.46. The molecule has 0 aliphatic rings. The van der Waals surface area contributed by atoms with Crippen molar-refractivity contribution in [1.29, 1.82) is 0 Å². The lowest BCUT2D eigenvalue weighted by atomic mass is 10.1. The first kappa shape index (κ1) is 18.6. The Morgan fingerprint density at radius 2 is 1.89 bits per heavy atom. The summed E-state index contributed by atoms with van der Waals surface area (Å²) in [4.78, 5) is 38.8. The Hall–Kier alpha value is -3.15. The molecule has 0 bridgehead atoms. The minimum absolute atomic E-state index is 0.0112. The Bertz CT molecular complexity index is 1070. The van der Waals surface area contributed by atoms with E-state index in [1.54, 1.807) is 25.1 Å². The summed E-state index contributed by atoms with van der Waals surface area (Å²) < 4.78 is 1.40. The predicted molar refractivity (Wildman–Crippen MR) is 106 cm³/mol. The van der Waals surface area contributed by atoms with Crippen LogP contribution in [0.4, 0.5) is 0 Å². The maximum absolute atomic E-state index is 12.5. The van der Waals surface area contributed by atoms with E-state index < -0.39 is 11.1 Å². The molecule has 27 heavy (non-hydrogen) atoms. The SMILES string of the molecule is CCn1c(=O)c(=O)[nH]c2cc(C(=O)N[C@@H](C)CCc3ccccc3)ccc21. The van der Waals surface area contributed by atoms with Crippen LogP contribution in [0.3, 0.4) is 0 Å². The number of hydrogen-bond donors (Lipinski definition) is 2. The van der Waals surface area contributed by atoms with Crippen molar-refractivity contribution in [2.45, 2.75) is 39.3 Å². The number of fused-ring (bicyclic) bond motifs is 1. The number of aryl methyl sites for hydroxylation is 2. The maximum atomic E-state index is 12.5. The largest absolute Gasteiger partial charge is 0.350 e. The number of amides is 1. The Labute approximate surface area is 156 Å². The summed E-state index contributed by atoms with van der Waals surface area (Å²) in [6.45, 7) is 4.16. The first-order valence-electron chi connectivity index (χ1n) is 9.11. The van der Waals surface area contributed by atoms with E-state index in [1.807, 2.05) is 25.1 Å². The number of carbonyl (C=O) groups excluding carboxylic acids is 1. The molecule has 2 N–H and O–H groups in total. The van der Waals surface area contributed by atoms with Crippen LogP contribution in [0, 0.1) is 0 Å². The van der Waals surface area contributed by atoms with Crippen molar-refractivity contribution < 1.29 is 4.79 Å². The molecule has 2 aromatic carbocycles. The van der Waals surface area contributed by atoms with Gasteiger partial charge in [-0.1, -0.05) is 30.3 Å². The number of aromatic amines is 1. The summed E-state index contributed by atoms with van der Waals surface area (Å²) in [6, 6.07) is 15.1. The molecule has 0 radical (unpaired) electrons. The summed E-state index contributed by atoms with van der Waals surface area (Å²) in [5.74, 6) is -0.201. The molecular formula is C21H23N3O3. The zero-order chi connectivity index (χ0) is 19.4. The van der Waals surface area contributed by atoms with Crippen LogP contribution in [0.5, 0.6) is 0 Å². The quantitative estimate of drug-likeness (QED) is 0.658. The average Bonchev–Trinajstić information content (AvgIpc) is 2.68. The van der Waals surface area contributed by atoms with Crippen molar-refractivity contribution in [3.05, 3.63) is 80.4 Å². The molecule has 0 fully saturated rings. The molecule has 1 amide bonds. The van der Waals surface area contributed by atoms with Gasteiger partial charge in [-0.3, -0.25) is 14.4 Å². The Balaban J connectivity index is 1.74. The number of H-pyrrole nitrogens is 1. The van der Waals surface area contributed by atoms with E-state index in [0.29, 0.717) is 23.1 Å². The van der Waals surface area contributed by atoms with Crippen molar-refractivity contribution in [3.8, 4) is 0 Å². The molecule has 0 aliphatic carbocycles. The van der Waals surface area contributed by atoms with E-state index in [0.717, 1.165) is 12.8 Å². The fraction of sp³-hybridized carbons (Fsp3) is 0.286. The fourth-order valence-electron chi connectivity index (χ4n) is 3.14. The lowest BCUT2D eigenvalue weighted by molar-refractivity contribution is 0.0938. The second-order valence-electron chi connectivity index (χ2n) is 6.63. The number of nitrogens with one attached hydrogen (secondary N) is 2. The lowest BCUT2D eigenvalue weighted by Gasteiger charge is -2.14. The van der Waals surface area contributed by atoms with Crippen LogP contribution in [-0.2, 0) is 13.0 Å². The van der Waals surface area contributed by atoms with Crippen molar-refractivity contribution >= 4 is 16.9 Å². The number of aromatic nitrogens is 2. The molecule has 0 saturated heterocycles. The third-order valence-corrected chi connectivity index (χ3v) is 4.64. The summed E-state index contributed by atoms with van der Waals surface area (Å²) in [5, 5.41) is 2.99. The van der Waals surface area contributed by atoms with Gasteiger partial charge in [-0.05, 0) is 50.5 Å². The van der Waals surface area contributed by atoms with Gasteiger partial charge in [-0.15, -0.1) is 0 Å². The molecule has 3 aromatic rings. The number of carbonyl (C=O) groups is 1. The van der Waals surface area contributed by atoms with E-state index in [2.05, 4.69) is 22.4 Å². The number of nitrogens with zero attached hydrogens (tertiary/aromatic N) is 1. The lowest BCUT2D eigenvalue weighted by Crippen LogP contribution is -2.36. The molecule has 1 atom stereocenters. The third-order valence-electron chi connectivity index (χ3n) is 4.64. The summed E-state index contributed by atoms with van der Waals surface area (Å²) in [6.07, 6.45) is 1.71. The second kappa shape index (κ2) is 8.03. The van der Waals surface area contributed by atoms with Crippen molar-refractivity contribution in [3.63, 3.8) is 0 Å². The zero-order valence-electron chi connectivity index (χ0n) is 15.5. The molecule has 3 rings (SSSR count). The van der Waals surface area contributed by atoms with E-state index in [4.69, 9.17) is 0 Å². The smallest absolute Gasteiger partial charge is 0.316 e. The number of hydrogen-bond acceptors (Lipinski definition) is 3. The molecule has 140 valence electrons. The highest BCUT2D eigenvalue weighted by atomic mass is 16.2. The Kier molecular flexibility index (Phi) is 5.54. The van der Waals surface area contributed by atoms with Crippen LogP contribution in [0.15, 0.2) is 58.1 Å². The molecule has 0 unspecified atom stereocenters. The van der Waals surface area contributed by atoms with Gasteiger partial charge in [0.05, 0.1) is 11.0 Å². The van der Waals surface area contributed by atoms with Gasteiger partial charge >= 0.3 is 11.1 Å². The van der Waals surface area contributed by atoms with E-state index in [1.165, 1.54) is 10.1 Å². The maximum Gasteiger partial charge on any atom is 0.316 e. The van der Waals surface area contributed by atoms with Gasteiger partial charge in [0.1, 0.15) is 0 Å². The normalized spacial score (nSPS) is 12.1. The standard InChI is InChI=1S/C21H23N3O3/c1-3-24-18-12-11-16(13-17(18)23-20(26)21(24)27)19(25)22-14(2)9-10-15-7-5-4-6-8-15/h4-8,11-14H,3,9-10H2,1-2H3,(H,22,25)(H,23,26)/t14-/m0/s1. The van der Waals surface area contributed by atoms with Gasteiger partial charge in [0.2, 0.25) is 0 Å². The van der Waals surface area contributed by atoms with Crippen LogP contribution in [0.1, 0.15) is 36.2 Å². The molecular weight excluding hydrogens is 342 g/mol. The van der Waals surface area contributed by atoms with Crippen molar-refractivity contribution in [1.82, 2.24) is 14.9 Å². The van der Waals surface area contributed by atoms with E-state index in [-0.39, 0.29) is 11.9 Å². The topological polar surface area (TPSA) is 84.0 Å². The third kappa shape index (κ3) is 4.16. The number of benzene rings is 2. The van der Waals surface area contributed by atoms with E-state index >= 15 is 0 Å². The Morgan fingerprint density at radius 3 is 2.59 bits per heavy atom. The highest BCUT2D eigenvalue weighted by Crippen LogP contribution is 2.12. The van der Waals surface area contributed by atoms with Crippen molar-refractivity contribution in [2.24, 2.45) is 0 Å². The summed E-state index contributed by atoms with van der Waals surface area (Å²) >= 11 is 0. The molecule has 1 aromatic heterocycles. The Morgan fingerprint density at radius 1 is 1.15 bits per heavy atom. The first-order chi connectivity index (χ1) is 13.0. The minimum atomic E-state index is -0.682. The van der Waals surface area contributed by atoms with Gasteiger partial charge in [0.15, 0.2) is 0 Å². The monoisotopic (exact) mass is 365 g/mol. The van der Waals surface area contributed by atoms with Gasteiger partial charge in [0.25, 0.3) is 5.91 Å². The van der Waals surface area contributed by atoms with Crippen LogP contribution in [-0.4, -0.2) is 21.5 Å². The second-order valence-corrected chi connectivity index (χ2v) is 6.63. The van der Waals surface area contributed by atoms with Crippen LogP contribution in [0.2, 0.25) is 0 Å². The van der Waals surface area contributed by atoms with E-state index in [9.17, 15) is 14.4 Å². The van der Waals surface area contributed by atoms with Crippen molar-refractivity contribution in [2.75, 3.05) is 0 Å². The average molecular weight is 365 g/mol. The van der Waals surface area contributed by atoms with Crippen LogP contribution >= 0.6 is 0 Å². The van der Waals surface area contributed by atoms with Gasteiger partial charge in [0, 0.05) is 18.2 Å². The highest BCUT2D eigenvalue weighted by Gasteiger charge is 2.13. The van der Waals surface area contributed by atoms with Crippen LogP contribution in [0.25, 0.3) is 11.0 Å². The molecule has 1 heterocycles. The molecule has 0 aliphatic heterocycles. The fourth-order valence-corrected chi connectivity index (χ4v) is 3.14. The van der Waals surface area contributed by atoms with Gasteiger partial charge in [-0.2, -0.15) is 0 Å². The molecule has 6 heteroatoms. The zero-order valence-corrected chi connectivity index (χ0v) is 15.5. The first-order valence-corrected chi connectivity index (χ1v) is 9.11.